The van der Waals surface area contributed by atoms with Gasteiger partial charge in [0.05, 0.1) is 5.54 Å². The topological polar surface area (TPSA) is 117 Å². The molecule has 1 atom stereocenters. The van der Waals surface area contributed by atoms with Crippen LogP contribution in [-0.4, -0.2) is 58.6 Å². The quantitative estimate of drug-likeness (QED) is 0.437. The van der Waals surface area contributed by atoms with Crippen LogP contribution in [0.4, 0.5) is 9.59 Å². The third-order valence-electron chi connectivity index (χ3n) is 6.45. The lowest BCUT2D eigenvalue weighted by atomic mass is 9.90. The maximum Gasteiger partial charge on any atom is 0.408 e. The van der Waals surface area contributed by atoms with E-state index >= 15 is 0 Å². The summed E-state index contributed by atoms with van der Waals surface area (Å²) in [6.45, 7) is 7.06. The third kappa shape index (κ3) is 5.68. The van der Waals surface area contributed by atoms with E-state index in [4.69, 9.17) is 4.74 Å². The number of imide groups is 1. The summed E-state index contributed by atoms with van der Waals surface area (Å²) in [5.74, 6) is -0.617. The normalized spacial score (nSPS) is 26.1. The fourth-order valence-corrected chi connectivity index (χ4v) is 4.54. The van der Waals surface area contributed by atoms with Crippen LogP contribution >= 0.6 is 0 Å². The van der Waals surface area contributed by atoms with Crippen LogP contribution in [0.5, 0.6) is 0 Å². The van der Waals surface area contributed by atoms with E-state index < -0.39 is 34.7 Å². The van der Waals surface area contributed by atoms with E-state index in [1.807, 2.05) is 20.8 Å². The molecule has 9 nitrogen and oxygen atoms in total. The van der Waals surface area contributed by atoms with Gasteiger partial charge in [-0.1, -0.05) is 25.7 Å². The van der Waals surface area contributed by atoms with E-state index in [0.29, 0.717) is 0 Å². The van der Waals surface area contributed by atoms with Crippen LogP contribution in [0.2, 0.25) is 0 Å². The first kappa shape index (κ1) is 23.3. The molecule has 31 heavy (non-hydrogen) atoms. The van der Waals surface area contributed by atoms with Crippen molar-refractivity contribution in [2.24, 2.45) is 5.92 Å². The fourth-order valence-electron chi connectivity index (χ4n) is 4.54. The number of rotatable bonds is 6. The van der Waals surface area contributed by atoms with E-state index in [9.17, 15) is 19.2 Å². The lowest BCUT2D eigenvalue weighted by Crippen LogP contribution is -2.57. The highest BCUT2D eigenvalue weighted by Gasteiger charge is 2.56. The number of carbonyl (C=O) groups is 4. The summed E-state index contributed by atoms with van der Waals surface area (Å²) in [7, 11) is 0. The highest BCUT2D eigenvalue weighted by molar-refractivity contribution is 6.09. The van der Waals surface area contributed by atoms with Gasteiger partial charge in [0.2, 0.25) is 5.91 Å². The summed E-state index contributed by atoms with van der Waals surface area (Å²) in [6.07, 6.45) is 6.81. The molecule has 2 aliphatic carbocycles. The predicted molar refractivity (Wildman–Crippen MR) is 114 cm³/mol. The zero-order chi connectivity index (χ0) is 22.9. The van der Waals surface area contributed by atoms with Gasteiger partial charge in [-0.2, -0.15) is 0 Å². The Kier molecular flexibility index (Phi) is 6.53. The number of hydrogen-bond donors (Lipinski definition) is 3. The molecule has 1 saturated heterocycles. The maximum absolute atomic E-state index is 12.7. The first-order chi connectivity index (χ1) is 14.4. The maximum atomic E-state index is 12.7. The zero-order valence-electron chi connectivity index (χ0n) is 19.1. The second-order valence-electron chi connectivity index (χ2n) is 10.4. The number of amides is 5. The SMILES string of the molecule is CC(C)(C)OC(=O)NC1(CNC(=O)CN2C(=O)NC(C)(C3CC3)C2=O)CCCCCC1. The molecule has 1 aliphatic heterocycles. The van der Waals surface area contributed by atoms with Gasteiger partial charge in [-0.25, -0.2) is 9.59 Å². The molecule has 0 aromatic carbocycles. The molecular weight excluding hydrogens is 400 g/mol. The van der Waals surface area contributed by atoms with Crippen molar-refractivity contribution in [1.82, 2.24) is 20.9 Å². The first-order valence-electron chi connectivity index (χ1n) is 11.4. The summed E-state index contributed by atoms with van der Waals surface area (Å²) in [6, 6.07) is -0.523. The summed E-state index contributed by atoms with van der Waals surface area (Å²) >= 11 is 0. The van der Waals surface area contributed by atoms with E-state index in [1.165, 1.54) is 0 Å². The Hall–Kier alpha value is -2.32. The number of alkyl carbamates (subject to hydrolysis) is 1. The molecule has 0 bridgehead atoms. The van der Waals surface area contributed by atoms with Crippen molar-refractivity contribution in [1.29, 1.82) is 0 Å². The molecular formula is C22H36N4O5. The van der Waals surface area contributed by atoms with Crippen molar-refractivity contribution < 1.29 is 23.9 Å². The molecule has 1 heterocycles. The summed E-state index contributed by atoms with van der Waals surface area (Å²) < 4.78 is 5.43. The minimum absolute atomic E-state index is 0.143. The lowest BCUT2D eigenvalue weighted by Gasteiger charge is -2.35. The van der Waals surface area contributed by atoms with Gasteiger partial charge in [0.25, 0.3) is 5.91 Å². The van der Waals surface area contributed by atoms with Gasteiger partial charge in [-0.3, -0.25) is 14.5 Å². The first-order valence-corrected chi connectivity index (χ1v) is 11.4. The molecule has 3 N–H and O–H groups in total. The van der Waals surface area contributed by atoms with Gasteiger partial charge in [0.15, 0.2) is 0 Å². The van der Waals surface area contributed by atoms with Crippen LogP contribution in [0.15, 0.2) is 0 Å². The standard InChI is InChI=1S/C22H36N4O5/c1-20(2,3)31-19(30)25-22(11-7-5-6-8-12-22)14-23-16(27)13-26-17(28)21(4,15-9-10-15)24-18(26)29/h15H,5-14H2,1-4H3,(H,23,27)(H,24,29)(H,25,30). The molecule has 174 valence electrons. The Morgan fingerprint density at radius 2 is 1.74 bits per heavy atom. The van der Waals surface area contributed by atoms with E-state index in [1.54, 1.807) is 6.92 Å². The van der Waals surface area contributed by atoms with Crippen LogP contribution in [0, 0.1) is 5.92 Å². The smallest absolute Gasteiger partial charge is 0.408 e. The number of nitrogens with one attached hydrogen (secondary N) is 3. The Morgan fingerprint density at radius 1 is 1.13 bits per heavy atom. The molecule has 1 unspecified atom stereocenters. The van der Waals surface area contributed by atoms with Crippen molar-refractivity contribution in [3.63, 3.8) is 0 Å². The van der Waals surface area contributed by atoms with Gasteiger partial charge in [-0.15, -0.1) is 0 Å². The van der Waals surface area contributed by atoms with Gasteiger partial charge in [0.1, 0.15) is 17.7 Å². The minimum Gasteiger partial charge on any atom is -0.444 e. The lowest BCUT2D eigenvalue weighted by molar-refractivity contribution is -0.135. The highest BCUT2D eigenvalue weighted by Crippen LogP contribution is 2.42. The van der Waals surface area contributed by atoms with Crippen molar-refractivity contribution >= 4 is 23.9 Å². The molecule has 3 aliphatic rings. The number of urea groups is 1. The number of nitrogens with zero attached hydrogens (tertiary/aromatic N) is 1. The number of ether oxygens (including phenoxy) is 1. The Labute approximate surface area is 184 Å². The average molecular weight is 437 g/mol. The number of hydrogen-bond acceptors (Lipinski definition) is 5. The summed E-state index contributed by atoms with van der Waals surface area (Å²) in [4.78, 5) is 51.1. The molecule has 3 rings (SSSR count). The van der Waals surface area contributed by atoms with Gasteiger partial charge >= 0.3 is 12.1 Å². The second kappa shape index (κ2) is 8.67. The average Bonchev–Trinajstić information content (AvgIpc) is 3.48. The molecule has 0 spiro atoms. The fraction of sp³-hybridized carbons (Fsp3) is 0.818. The third-order valence-corrected chi connectivity index (χ3v) is 6.45. The van der Waals surface area contributed by atoms with Crippen molar-refractivity contribution in [3.8, 4) is 0 Å². The van der Waals surface area contributed by atoms with Gasteiger partial charge in [0, 0.05) is 6.54 Å². The largest absolute Gasteiger partial charge is 0.444 e. The van der Waals surface area contributed by atoms with Crippen LogP contribution in [-0.2, 0) is 14.3 Å². The summed E-state index contributed by atoms with van der Waals surface area (Å²) in [5.41, 5.74) is -2.12. The van der Waals surface area contributed by atoms with Crippen LogP contribution in [0.1, 0.15) is 79.1 Å². The Bertz CT molecular complexity index is 735. The van der Waals surface area contributed by atoms with Crippen LogP contribution in [0.25, 0.3) is 0 Å². The monoisotopic (exact) mass is 436 g/mol. The Morgan fingerprint density at radius 3 is 2.29 bits per heavy atom. The van der Waals surface area contributed by atoms with Gasteiger partial charge in [-0.05, 0) is 59.3 Å². The molecule has 0 aromatic heterocycles. The van der Waals surface area contributed by atoms with Gasteiger partial charge < -0.3 is 20.7 Å². The molecule has 0 aromatic rings. The highest BCUT2D eigenvalue weighted by atomic mass is 16.6. The minimum atomic E-state index is -0.905. The molecule has 3 fully saturated rings. The molecule has 2 saturated carbocycles. The zero-order valence-corrected chi connectivity index (χ0v) is 19.1. The summed E-state index contributed by atoms with van der Waals surface area (Å²) in [5, 5.41) is 8.59. The second-order valence-corrected chi connectivity index (χ2v) is 10.4. The molecule has 5 amide bonds. The van der Waals surface area contributed by atoms with Crippen LogP contribution in [0.3, 0.4) is 0 Å². The van der Waals surface area contributed by atoms with Crippen molar-refractivity contribution in [2.45, 2.75) is 95.7 Å². The van der Waals surface area contributed by atoms with E-state index in [0.717, 1.165) is 56.3 Å². The molecule has 0 radical (unpaired) electrons. The molecule has 9 heteroatoms. The van der Waals surface area contributed by atoms with Crippen molar-refractivity contribution in [3.05, 3.63) is 0 Å². The predicted octanol–water partition coefficient (Wildman–Crippen LogP) is 2.44. The van der Waals surface area contributed by atoms with Crippen LogP contribution < -0.4 is 16.0 Å². The number of carbonyl (C=O) groups excluding carboxylic acids is 4. The van der Waals surface area contributed by atoms with E-state index in [2.05, 4.69) is 16.0 Å². The van der Waals surface area contributed by atoms with E-state index in [-0.39, 0.29) is 24.9 Å². The Balaban J connectivity index is 1.60. The van der Waals surface area contributed by atoms with Crippen molar-refractivity contribution in [2.75, 3.05) is 13.1 Å².